The van der Waals surface area contributed by atoms with Gasteiger partial charge in [-0.1, -0.05) is 4.89 Å². The molecule has 0 atom stereocenters. The molecule has 3 N–H and O–H groups in total. The highest BCUT2D eigenvalue weighted by atomic mass is 32.2. The third kappa shape index (κ3) is 3.01. The van der Waals surface area contributed by atoms with Crippen LogP contribution in [0.5, 0.6) is 0 Å². The third-order valence-corrected chi connectivity index (χ3v) is 4.20. The SMILES string of the molecule is CC(C)NC(=O)c1csc(S(=O)(=O)NO)c1. The van der Waals surface area contributed by atoms with Crippen molar-refractivity contribution in [1.29, 1.82) is 0 Å². The van der Waals surface area contributed by atoms with Crippen molar-refractivity contribution in [2.75, 3.05) is 0 Å². The van der Waals surface area contributed by atoms with Gasteiger partial charge in [-0.2, -0.15) is 0 Å². The van der Waals surface area contributed by atoms with E-state index in [1.54, 1.807) is 13.8 Å². The first-order valence-electron chi connectivity index (χ1n) is 4.42. The molecule has 0 saturated heterocycles. The summed E-state index contributed by atoms with van der Waals surface area (Å²) < 4.78 is 22.2. The first-order chi connectivity index (χ1) is 7.36. The lowest BCUT2D eigenvalue weighted by Crippen LogP contribution is -2.29. The Morgan fingerprint density at radius 1 is 1.50 bits per heavy atom. The second-order valence-corrected chi connectivity index (χ2v) is 6.18. The number of carbonyl (C=O) groups is 1. The van der Waals surface area contributed by atoms with E-state index in [0.29, 0.717) is 0 Å². The molecule has 0 aliphatic heterocycles. The number of nitrogens with one attached hydrogen (secondary N) is 2. The molecule has 1 aromatic heterocycles. The summed E-state index contributed by atoms with van der Waals surface area (Å²) >= 11 is 0.865. The standard InChI is InChI=1S/C8H12N2O4S2/c1-5(2)9-8(11)6-3-7(15-4-6)16(13,14)10-12/h3-5,10,12H,1-2H3,(H,9,11). The van der Waals surface area contributed by atoms with Crippen LogP contribution >= 0.6 is 11.3 Å². The molecule has 0 fully saturated rings. The van der Waals surface area contributed by atoms with Gasteiger partial charge in [-0.3, -0.25) is 4.79 Å². The van der Waals surface area contributed by atoms with E-state index in [-0.39, 0.29) is 21.7 Å². The van der Waals surface area contributed by atoms with Crippen molar-refractivity contribution < 1.29 is 18.4 Å². The number of amides is 1. The molecule has 1 rings (SSSR count). The van der Waals surface area contributed by atoms with E-state index in [1.165, 1.54) is 16.3 Å². The van der Waals surface area contributed by atoms with Crippen LogP contribution in [0.1, 0.15) is 24.2 Å². The van der Waals surface area contributed by atoms with E-state index in [2.05, 4.69) is 5.32 Å². The van der Waals surface area contributed by atoms with E-state index in [0.717, 1.165) is 11.3 Å². The Morgan fingerprint density at radius 3 is 2.62 bits per heavy atom. The van der Waals surface area contributed by atoms with Crippen molar-refractivity contribution in [3.05, 3.63) is 17.0 Å². The number of hydrogen-bond donors (Lipinski definition) is 3. The molecule has 1 aromatic rings. The Balaban J connectivity index is 2.92. The maximum Gasteiger partial charge on any atom is 0.271 e. The summed E-state index contributed by atoms with van der Waals surface area (Å²) in [6.07, 6.45) is 0. The minimum Gasteiger partial charge on any atom is -0.350 e. The lowest BCUT2D eigenvalue weighted by Gasteiger charge is -2.05. The first-order valence-corrected chi connectivity index (χ1v) is 6.78. The lowest BCUT2D eigenvalue weighted by molar-refractivity contribution is 0.0943. The minimum absolute atomic E-state index is 0.0246. The molecule has 0 radical (unpaired) electrons. The molecule has 0 bridgehead atoms. The van der Waals surface area contributed by atoms with Crippen LogP contribution < -0.4 is 10.2 Å². The largest absolute Gasteiger partial charge is 0.350 e. The fourth-order valence-electron chi connectivity index (χ4n) is 0.967. The highest BCUT2D eigenvalue weighted by Gasteiger charge is 2.18. The highest BCUT2D eigenvalue weighted by molar-refractivity contribution is 7.91. The fraction of sp³-hybridized carbons (Fsp3) is 0.375. The van der Waals surface area contributed by atoms with Crippen molar-refractivity contribution in [2.24, 2.45) is 0 Å². The number of carbonyl (C=O) groups excluding carboxylic acids is 1. The van der Waals surface area contributed by atoms with E-state index >= 15 is 0 Å². The van der Waals surface area contributed by atoms with Crippen LogP contribution in [-0.4, -0.2) is 25.6 Å². The van der Waals surface area contributed by atoms with Crippen molar-refractivity contribution >= 4 is 27.3 Å². The summed E-state index contributed by atoms with van der Waals surface area (Å²) in [6, 6.07) is 1.18. The predicted octanol–water partition coefficient (Wildman–Crippen LogP) is 0.554. The number of hydrogen-bond acceptors (Lipinski definition) is 5. The molecular weight excluding hydrogens is 252 g/mol. The van der Waals surface area contributed by atoms with E-state index < -0.39 is 10.0 Å². The molecule has 1 heterocycles. The summed E-state index contributed by atoms with van der Waals surface area (Å²) in [6.45, 7) is 3.61. The van der Waals surface area contributed by atoms with Gasteiger partial charge in [0, 0.05) is 11.4 Å². The molecule has 0 aliphatic carbocycles. The Kier molecular flexibility index (Phi) is 4.03. The molecular formula is C8H12N2O4S2. The Morgan fingerprint density at radius 2 is 2.12 bits per heavy atom. The topological polar surface area (TPSA) is 95.5 Å². The predicted molar refractivity (Wildman–Crippen MR) is 59.0 cm³/mol. The van der Waals surface area contributed by atoms with Crippen molar-refractivity contribution in [3.63, 3.8) is 0 Å². The molecule has 6 nitrogen and oxygen atoms in total. The molecule has 0 aromatic carbocycles. The van der Waals surface area contributed by atoms with Crippen LogP contribution in [0.25, 0.3) is 0 Å². The molecule has 1 amide bonds. The molecule has 0 unspecified atom stereocenters. The van der Waals surface area contributed by atoms with E-state index in [9.17, 15) is 13.2 Å². The zero-order valence-electron chi connectivity index (χ0n) is 8.72. The van der Waals surface area contributed by atoms with Gasteiger partial charge < -0.3 is 10.5 Å². The smallest absolute Gasteiger partial charge is 0.271 e. The van der Waals surface area contributed by atoms with Gasteiger partial charge in [-0.15, -0.1) is 11.3 Å². The molecule has 8 heteroatoms. The highest BCUT2D eigenvalue weighted by Crippen LogP contribution is 2.19. The third-order valence-electron chi connectivity index (χ3n) is 1.64. The number of rotatable bonds is 4. The summed E-state index contributed by atoms with van der Waals surface area (Å²) in [7, 11) is -3.90. The molecule has 0 saturated carbocycles. The van der Waals surface area contributed by atoms with Crippen molar-refractivity contribution in [3.8, 4) is 0 Å². The van der Waals surface area contributed by atoms with Gasteiger partial charge in [-0.25, -0.2) is 8.42 Å². The Hall–Kier alpha value is -0.960. The molecule has 0 spiro atoms. The Bertz CT molecular complexity index is 478. The second kappa shape index (κ2) is 4.91. The fourth-order valence-corrected chi connectivity index (χ4v) is 2.72. The minimum atomic E-state index is -3.90. The molecule has 16 heavy (non-hydrogen) atoms. The quantitative estimate of drug-likeness (QED) is 0.692. The molecule has 0 aliphatic rings. The van der Waals surface area contributed by atoms with Crippen molar-refractivity contribution in [1.82, 2.24) is 10.2 Å². The van der Waals surface area contributed by atoms with Crippen LogP contribution in [0.15, 0.2) is 15.7 Å². The zero-order valence-corrected chi connectivity index (χ0v) is 10.4. The Labute approximate surface area is 97.3 Å². The maximum absolute atomic E-state index is 11.5. The van der Waals surface area contributed by atoms with Crippen LogP contribution in [0, 0.1) is 0 Å². The summed E-state index contributed by atoms with van der Waals surface area (Å²) in [5.41, 5.74) is 0.257. The van der Waals surface area contributed by atoms with Gasteiger partial charge in [0.1, 0.15) is 4.21 Å². The van der Waals surface area contributed by atoms with Crippen LogP contribution in [0.4, 0.5) is 0 Å². The summed E-state index contributed by atoms with van der Waals surface area (Å²) in [5.74, 6) is -0.342. The van der Waals surface area contributed by atoms with E-state index in [4.69, 9.17) is 5.21 Å². The number of thiophene rings is 1. The van der Waals surface area contributed by atoms with Crippen molar-refractivity contribution in [2.45, 2.75) is 24.1 Å². The maximum atomic E-state index is 11.5. The van der Waals surface area contributed by atoms with Gasteiger partial charge in [0.2, 0.25) is 0 Å². The van der Waals surface area contributed by atoms with Gasteiger partial charge in [-0.05, 0) is 19.9 Å². The average molecular weight is 264 g/mol. The molecule has 90 valence electrons. The monoisotopic (exact) mass is 264 g/mol. The first kappa shape index (κ1) is 13.1. The summed E-state index contributed by atoms with van der Waals surface area (Å²) in [5, 5.41) is 12.5. The van der Waals surface area contributed by atoms with Crippen LogP contribution in [-0.2, 0) is 10.0 Å². The van der Waals surface area contributed by atoms with Crippen LogP contribution in [0.2, 0.25) is 0 Å². The van der Waals surface area contributed by atoms with Gasteiger partial charge in [0.05, 0.1) is 5.56 Å². The zero-order chi connectivity index (χ0) is 12.3. The summed E-state index contributed by atoms with van der Waals surface area (Å²) in [4.78, 5) is 12.7. The van der Waals surface area contributed by atoms with Gasteiger partial charge in [0.15, 0.2) is 0 Å². The number of sulfonamides is 1. The normalized spacial score (nSPS) is 11.8. The van der Waals surface area contributed by atoms with Gasteiger partial charge >= 0.3 is 0 Å². The van der Waals surface area contributed by atoms with E-state index in [1.807, 2.05) is 0 Å². The lowest BCUT2D eigenvalue weighted by atomic mass is 10.3. The van der Waals surface area contributed by atoms with Gasteiger partial charge in [0.25, 0.3) is 15.9 Å². The average Bonchev–Trinajstić information content (AvgIpc) is 2.66. The second-order valence-electron chi connectivity index (χ2n) is 3.38. The van der Waals surface area contributed by atoms with Crippen LogP contribution in [0.3, 0.4) is 0 Å².